The Labute approximate surface area is 172 Å². The van der Waals surface area contributed by atoms with Crippen LogP contribution in [0.4, 0.5) is 0 Å². The predicted octanol–water partition coefficient (Wildman–Crippen LogP) is -10.0. The Bertz CT molecular complexity index is 542. The minimum atomic E-state index is -5.62. The average molecular weight is 428 g/mol. The molecule has 0 unspecified atom stereocenters. The van der Waals surface area contributed by atoms with Crippen LogP contribution in [0, 0.1) is 0 Å². The van der Waals surface area contributed by atoms with E-state index in [1.807, 2.05) is 0 Å². The van der Waals surface area contributed by atoms with Crippen LogP contribution < -0.4 is 89.3 Å². The molecule has 0 aromatic carbocycles. The molecule has 0 atom stereocenters. The fourth-order valence-corrected chi connectivity index (χ4v) is 0.306. The average Bonchev–Trinajstić information content (AvgIpc) is 2.25. The molecule has 0 aliphatic carbocycles. The van der Waals surface area contributed by atoms with Crippen LogP contribution in [0.3, 0.4) is 0 Å². The molecule has 1 aliphatic rings. The molecule has 0 aromatic rings. The zero-order valence-corrected chi connectivity index (χ0v) is 17.2. The van der Waals surface area contributed by atoms with Gasteiger partial charge in [-0.2, -0.15) is 8.42 Å². The van der Waals surface area contributed by atoms with Gasteiger partial charge in [0.15, 0.2) is 0 Å². The molecule has 0 spiro atoms. The van der Waals surface area contributed by atoms with E-state index in [2.05, 4.69) is 18.7 Å². The first kappa shape index (κ1) is 29.2. The summed E-state index contributed by atoms with van der Waals surface area (Å²) in [7, 11) is -3.99. The molecule has 1 aliphatic heterocycles. The Morgan fingerprint density at radius 2 is 0.895 bits per heavy atom. The molecule has 1 saturated heterocycles. The van der Waals surface area contributed by atoms with Gasteiger partial charge in [0.25, 0.3) is 0 Å². The zero-order valence-electron chi connectivity index (χ0n) is 8.88. The molecule has 19 heteroatoms. The molecule has 0 radical (unpaired) electrons. The summed E-state index contributed by atoms with van der Waals surface area (Å²) in [5.74, 6) is 0. The van der Waals surface area contributed by atoms with Gasteiger partial charge < -0.3 is 0 Å². The standard InChI is InChI=1S/K.2Mn.Na.O6S.8O/c;;;;1-7(2)5-3-4-6-7;;;;;;;;/q+1;;;+1;;;;;;;;2*-1. The van der Waals surface area contributed by atoms with Gasteiger partial charge >= 0.3 is 149 Å². The summed E-state index contributed by atoms with van der Waals surface area (Å²) in [6, 6.07) is 0. The van der Waals surface area contributed by atoms with Crippen LogP contribution in [0.15, 0.2) is 0 Å². The molecule has 0 N–H and O–H groups in total. The predicted molar refractivity (Wildman–Crippen MR) is 17.4 cm³/mol. The number of hydrogen-bond donors (Lipinski definition) is 0. The summed E-state index contributed by atoms with van der Waals surface area (Å²) < 4.78 is 94.8. The Morgan fingerprint density at radius 3 is 0.947 bits per heavy atom. The van der Waals surface area contributed by atoms with E-state index in [9.17, 15) is 8.42 Å². The van der Waals surface area contributed by atoms with E-state index in [4.69, 9.17) is 31.4 Å². The van der Waals surface area contributed by atoms with Crippen LogP contribution in [0.5, 0.6) is 0 Å². The maximum absolute atomic E-state index is 9.74. The van der Waals surface area contributed by atoms with Crippen molar-refractivity contribution < 1.29 is 165 Å². The van der Waals surface area contributed by atoms with Gasteiger partial charge in [0.2, 0.25) is 0 Å². The third-order valence-corrected chi connectivity index (χ3v) is 0.694. The van der Waals surface area contributed by atoms with Crippen molar-refractivity contribution in [2.45, 2.75) is 0 Å². The van der Waals surface area contributed by atoms with Gasteiger partial charge in [0.05, 0.1) is 0 Å². The van der Waals surface area contributed by atoms with Gasteiger partial charge in [-0.25, -0.2) is 0 Å². The minimum absolute atomic E-state index is 0. The van der Waals surface area contributed by atoms with Gasteiger partial charge in [-0.3, -0.25) is 0 Å². The van der Waals surface area contributed by atoms with Gasteiger partial charge in [-0.1, -0.05) is 0 Å². The fraction of sp³-hybridized carbons (Fsp3) is 0. The molecule has 106 valence electrons. The van der Waals surface area contributed by atoms with Crippen LogP contribution in [0.2, 0.25) is 0 Å². The molecule has 0 amide bonds. The molecular formula is KMn2NaO14S. The second-order valence-electron chi connectivity index (χ2n) is 1.44. The molecule has 1 heterocycles. The molecule has 0 saturated carbocycles. The third-order valence-electron chi connectivity index (χ3n) is 0.250. The van der Waals surface area contributed by atoms with E-state index in [1.54, 1.807) is 0 Å². The molecule has 19 heavy (non-hydrogen) atoms. The van der Waals surface area contributed by atoms with Crippen LogP contribution in [-0.4, -0.2) is 8.42 Å². The normalized spacial score (nSPS) is 16.3. The molecular weight excluding hydrogens is 428 g/mol. The van der Waals surface area contributed by atoms with Gasteiger partial charge in [0.1, 0.15) is 0 Å². The zero-order chi connectivity index (χ0) is 14.3. The fourth-order valence-electron chi connectivity index (χ4n) is 0.102. The maximum atomic E-state index is 9.74. The van der Waals surface area contributed by atoms with Gasteiger partial charge in [-0.05, 0) is 18.7 Å². The number of rotatable bonds is 0. The van der Waals surface area contributed by atoms with Crippen molar-refractivity contribution in [3.05, 3.63) is 0 Å². The summed E-state index contributed by atoms with van der Waals surface area (Å²) in [6.07, 6.45) is 0. The van der Waals surface area contributed by atoms with Crippen LogP contribution in [0.25, 0.3) is 0 Å². The van der Waals surface area contributed by atoms with Gasteiger partial charge in [0, 0.05) is 0 Å². The quantitative estimate of drug-likeness (QED) is 0.258. The first-order chi connectivity index (χ1) is 7.21. The summed E-state index contributed by atoms with van der Waals surface area (Å²) in [4.78, 5) is 0. The van der Waals surface area contributed by atoms with Crippen molar-refractivity contribution in [3.63, 3.8) is 0 Å². The molecule has 14 nitrogen and oxygen atoms in total. The number of hydrogen-bond acceptors (Lipinski definition) is 14. The summed E-state index contributed by atoms with van der Waals surface area (Å²) >= 11 is -11.2. The van der Waals surface area contributed by atoms with E-state index < -0.39 is 36.3 Å². The first-order valence-corrected chi connectivity index (χ1v) is 7.59. The summed E-state index contributed by atoms with van der Waals surface area (Å²) in [6.45, 7) is 0. The van der Waals surface area contributed by atoms with Crippen molar-refractivity contribution in [3.8, 4) is 0 Å². The molecule has 1 rings (SSSR count). The van der Waals surface area contributed by atoms with Crippen molar-refractivity contribution in [1.82, 2.24) is 0 Å². The second-order valence-corrected chi connectivity index (χ2v) is 4.89. The van der Waals surface area contributed by atoms with Crippen LogP contribution in [-0.2, 0) is 78.1 Å². The van der Waals surface area contributed by atoms with Crippen molar-refractivity contribution in [2.24, 2.45) is 0 Å². The van der Waals surface area contributed by atoms with Crippen LogP contribution >= 0.6 is 0 Å². The van der Waals surface area contributed by atoms with E-state index in [-0.39, 0.29) is 80.9 Å². The summed E-state index contributed by atoms with van der Waals surface area (Å²) in [5, 5.41) is 6.70. The Morgan fingerprint density at radius 1 is 0.737 bits per heavy atom. The third kappa shape index (κ3) is 53.4. The molecule has 1 fully saturated rings. The Hall–Kier alpha value is 2.19. The topological polar surface area (TPSA) is 220 Å². The van der Waals surface area contributed by atoms with Crippen LogP contribution in [0.1, 0.15) is 0 Å². The SMILES string of the molecule is O=S1(=O)OOOO1.[K+].[Na+].[O]=[Mn](=[O])(=[O])[O-].[O]=[Mn](=[O])(=[O])[O-]. The molecule has 0 bridgehead atoms. The van der Waals surface area contributed by atoms with Gasteiger partial charge in [-0.15, -0.1) is 0 Å². The monoisotopic (exact) mass is 428 g/mol. The van der Waals surface area contributed by atoms with E-state index in [1.165, 1.54) is 0 Å². The molecule has 0 aromatic heterocycles. The Balaban J connectivity index is -0.0000000866. The Kier molecular flexibility index (Phi) is 19.5. The van der Waals surface area contributed by atoms with Crippen molar-refractivity contribution in [2.75, 3.05) is 0 Å². The van der Waals surface area contributed by atoms with Crippen molar-refractivity contribution in [1.29, 1.82) is 0 Å². The summed E-state index contributed by atoms with van der Waals surface area (Å²) in [5.41, 5.74) is 0. The van der Waals surface area contributed by atoms with E-state index in [0.29, 0.717) is 0 Å². The van der Waals surface area contributed by atoms with E-state index in [0.717, 1.165) is 0 Å². The van der Waals surface area contributed by atoms with Crippen molar-refractivity contribution >= 4 is 10.4 Å². The second kappa shape index (κ2) is 12.7. The first-order valence-electron chi connectivity index (χ1n) is 2.40. The van der Waals surface area contributed by atoms with E-state index >= 15 is 0 Å².